The molecule has 0 radical (unpaired) electrons. The van der Waals surface area contributed by atoms with Crippen LogP contribution < -0.4 is 10.2 Å². The van der Waals surface area contributed by atoms with Crippen molar-refractivity contribution in [2.24, 2.45) is 0 Å². The van der Waals surface area contributed by atoms with Crippen molar-refractivity contribution in [2.45, 2.75) is 32.6 Å². The molecule has 0 saturated heterocycles. The van der Waals surface area contributed by atoms with Crippen molar-refractivity contribution in [3.8, 4) is 0 Å². The normalized spacial score (nSPS) is 12.6. The van der Waals surface area contributed by atoms with E-state index in [0.717, 1.165) is 15.8 Å². The monoisotopic (exact) mass is 415 g/mol. The summed E-state index contributed by atoms with van der Waals surface area (Å²) in [6.45, 7) is 4.15. The van der Waals surface area contributed by atoms with Crippen LogP contribution >= 0.6 is 15.9 Å². The Morgan fingerprint density at radius 1 is 1.23 bits per heavy atom. The summed E-state index contributed by atoms with van der Waals surface area (Å²) >= 11 is 3.38. The Hall–Kier alpha value is -2.14. The van der Waals surface area contributed by atoms with Gasteiger partial charge in [-0.15, -0.1) is 0 Å². The maximum absolute atomic E-state index is 12.5. The van der Waals surface area contributed by atoms with Crippen LogP contribution in [-0.4, -0.2) is 25.7 Å². The number of para-hydroxylation sites is 1. The number of hydrogen-bond donors (Lipinski definition) is 2. The van der Waals surface area contributed by atoms with E-state index in [1.807, 2.05) is 45.2 Å². The number of ketones is 1. The van der Waals surface area contributed by atoms with E-state index < -0.39 is 0 Å². The van der Waals surface area contributed by atoms with Gasteiger partial charge in [0.2, 0.25) is 0 Å². The van der Waals surface area contributed by atoms with Gasteiger partial charge in [0.1, 0.15) is 0 Å². The van der Waals surface area contributed by atoms with E-state index in [1.54, 1.807) is 17.0 Å². The van der Waals surface area contributed by atoms with Gasteiger partial charge in [-0.25, -0.2) is 0 Å². The van der Waals surface area contributed by atoms with E-state index in [1.165, 1.54) is 24.7 Å². The molecular weight excluding hydrogens is 390 g/mol. The summed E-state index contributed by atoms with van der Waals surface area (Å²) in [5, 5.41) is 11.0. The third-order valence-electron chi connectivity index (χ3n) is 4.29. The second-order valence-electron chi connectivity index (χ2n) is 5.95. The molecule has 0 unspecified atom stereocenters. The van der Waals surface area contributed by atoms with Crippen LogP contribution in [0.5, 0.6) is 0 Å². The van der Waals surface area contributed by atoms with E-state index in [-0.39, 0.29) is 12.3 Å². The molecule has 1 aliphatic rings. The second-order valence-corrected chi connectivity index (χ2v) is 6.87. The van der Waals surface area contributed by atoms with Gasteiger partial charge >= 0.3 is 0 Å². The Labute approximate surface area is 164 Å². The summed E-state index contributed by atoms with van der Waals surface area (Å²) in [5.41, 5.74) is 3.82. The average Bonchev–Trinajstić information content (AvgIpc) is 3.52. The van der Waals surface area contributed by atoms with E-state index in [9.17, 15) is 4.79 Å². The summed E-state index contributed by atoms with van der Waals surface area (Å²) < 4.78 is 0.942. The molecule has 138 valence electrons. The Kier molecular flexibility index (Phi) is 7.39. The van der Waals surface area contributed by atoms with Crippen LogP contribution in [0.2, 0.25) is 0 Å². The maximum atomic E-state index is 12.5. The number of nitrogens with one attached hydrogen (secondary N) is 2. The zero-order valence-electron chi connectivity index (χ0n) is 15.6. The summed E-state index contributed by atoms with van der Waals surface area (Å²) in [6, 6.07) is 13.4. The lowest BCUT2D eigenvalue weighted by atomic mass is 10.1. The van der Waals surface area contributed by atoms with Gasteiger partial charge in [0.25, 0.3) is 0 Å². The Morgan fingerprint density at radius 3 is 2.42 bits per heavy atom. The van der Waals surface area contributed by atoms with Gasteiger partial charge in [0.15, 0.2) is 5.78 Å². The molecule has 0 amide bonds. The molecule has 1 aliphatic carbocycles. The smallest absolute Gasteiger partial charge is 0.182 e. The number of halogens is 1. The largest absolute Gasteiger partial charge is 0.386 e. The molecular formula is C21H26BrN3O. The zero-order chi connectivity index (χ0) is 19.1. The number of Topliss-reactive ketones (excluding diaryl/α,β-unsaturated/α-hetero) is 1. The van der Waals surface area contributed by atoms with Gasteiger partial charge in [0.05, 0.1) is 24.3 Å². The highest BCUT2D eigenvalue weighted by Crippen LogP contribution is 2.46. The molecule has 0 spiro atoms. The fourth-order valence-corrected chi connectivity index (χ4v) is 3.15. The van der Waals surface area contributed by atoms with E-state index in [4.69, 9.17) is 5.41 Å². The first-order valence-corrected chi connectivity index (χ1v) is 9.80. The highest BCUT2D eigenvalue weighted by atomic mass is 79.9. The topological polar surface area (TPSA) is 56.2 Å². The predicted molar refractivity (Wildman–Crippen MR) is 114 cm³/mol. The standard InChI is InChI=1S/C19H20BrN3O.C2H6/c1-22-19-16(13-5-6-13)3-2-4-17(19)23(12-21)11-18(24)14-7-9-15(20)10-8-14;1-2/h2-4,7-10,12-13,21-22H,5-6,11H2,1H3;1-2H3. The molecule has 2 aromatic rings. The van der Waals surface area contributed by atoms with Crippen LogP contribution in [0.15, 0.2) is 46.9 Å². The molecule has 5 heteroatoms. The lowest BCUT2D eigenvalue weighted by Gasteiger charge is -2.23. The average molecular weight is 416 g/mol. The fraction of sp³-hybridized carbons (Fsp3) is 0.333. The number of anilines is 2. The minimum absolute atomic E-state index is 0.00937. The summed E-state index contributed by atoms with van der Waals surface area (Å²) in [5.74, 6) is 0.590. The molecule has 2 N–H and O–H groups in total. The quantitative estimate of drug-likeness (QED) is 0.346. The highest BCUT2D eigenvalue weighted by Gasteiger charge is 2.27. The maximum Gasteiger partial charge on any atom is 0.182 e. The Balaban J connectivity index is 0.00000117. The number of rotatable bonds is 7. The number of benzene rings is 2. The van der Waals surface area contributed by atoms with Gasteiger partial charge in [-0.3, -0.25) is 10.2 Å². The molecule has 2 aromatic carbocycles. The minimum Gasteiger partial charge on any atom is -0.386 e. The lowest BCUT2D eigenvalue weighted by molar-refractivity contribution is 0.100. The molecule has 0 atom stereocenters. The van der Waals surface area contributed by atoms with E-state index >= 15 is 0 Å². The molecule has 3 rings (SSSR count). The van der Waals surface area contributed by atoms with Gasteiger partial charge in [0, 0.05) is 17.1 Å². The van der Waals surface area contributed by atoms with Crippen LogP contribution in [0, 0.1) is 5.41 Å². The van der Waals surface area contributed by atoms with Crippen molar-refractivity contribution < 1.29 is 4.79 Å². The minimum atomic E-state index is -0.00937. The van der Waals surface area contributed by atoms with Crippen LogP contribution in [-0.2, 0) is 0 Å². The predicted octanol–water partition coefficient (Wildman–Crippen LogP) is 5.69. The third kappa shape index (κ3) is 4.73. The molecule has 1 fully saturated rings. The van der Waals surface area contributed by atoms with Crippen molar-refractivity contribution in [1.82, 2.24) is 0 Å². The van der Waals surface area contributed by atoms with Crippen molar-refractivity contribution >= 4 is 39.4 Å². The summed E-state index contributed by atoms with van der Waals surface area (Å²) in [6.07, 6.45) is 3.64. The number of carbonyl (C=O) groups excluding carboxylic acids is 1. The van der Waals surface area contributed by atoms with Crippen LogP contribution in [0.1, 0.15) is 48.5 Å². The first-order valence-electron chi connectivity index (χ1n) is 9.00. The highest BCUT2D eigenvalue weighted by molar-refractivity contribution is 9.10. The zero-order valence-corrected chi connectivity index (χ0v) is 17.1. The van der Waals surface area contributed by atoms with E-state index in [2.05, 4.69) is 27.3 Å². The fourth-order valence-electron chi connectivity index (χ4n) is 2.89. The summed E-state index contributed by atoms with van der Waals surface area (Å²) in [7, 11) is 1.89. The third-order valence-corrected chi connectivity index (χ3v) is 4.82. The molecule has 4 nitrogen and oxygen atoms in total. The van der Waals surface area contributed by atoms with Crippen molar-refractivity contribution in [2.75, 3.05) is 23.8 Å². The van der Waals surface area contributed by atoms with Gasteiger partial charge in [-0.05, 0) is 42.5 Å². The number of carbonyl (C=O) groups is 1. The van der Waals surface area contributed by atoms with Crippen LogP contribution in [0.3, 0.4) is 0 Å². The van der Waals surface area contributed by atoms with Crippen LogP contribution in [0.25, 0.3) is 0 Å². The van der Waals surface area contributed by atoms with E-state index in [0.29, 0.717) is 11.5 Å². The SMILES string of the molecule is CC.CNc1c(C2CC2)cccc1N(C=N)CC(=O)c1ccc(Br)cc1. The van der Waals surface area contributed by atoms with Crippen molar-refractivity contribution in [3.05, 3.63) is 58.1 Å². The first kappa shape index (κ1) is 20.2. The molecule has 0 heterocycles. The number of hydrogen-bond acceptors (Lipinski definition) is 3. The first-order chi connectivity index (χ1) is 12.6. The van der Waals surface area contributed by atoms with Gasteiger partial charge in [-0.2, -0.15) is 0 Å². The molecule has 26 heavy (non-hydrogen) atoms. The van der Waals surface area contributed by atoms with Crippen LogP contribution in [0.4, 0.5) is 11.4 Å². The Morgan fingerprint density at radius 2 is 1.88 bits per heavy atom. The number of nitrogens with zero attached hydrogens (tertiary/aromatic N) is 1. The Bertz CT molecular complexity index is 754. The second kappa shape index (κ2) is 9.53. The lowest BCUT2D eigenvalue weighted by Crippen LogP contribution is -2.29. The van der Waals surface area contributed by atoms with Crippen molar-refractivity contribution in [3.63, 3.8) is 0 Å². The van der Waals surface area contributed by atoms with Crippen molar-refractivity contribution in [1.29, 1.82) is 5.41 Å². The summed E-state index contributed by atoms with van der Waals surface area (Å²) in [4.78, 5) is 14.2. The molecule has 1 saturated carbocycles. The molecule has 0 aromatic heterocycles. The molecule has 0 aliphatic heterocycles. The van der Waals surface area contributed by atoms with Gasteiger partial charge < -0.3 is 10.2 Å². The van der Waals surface area contributed by atoms with Gasteiger partial charge in [-0.1, -0.05) is 54.0 Å². The molecule has 0 bridgehead atoms.